The third-order valence-corrected chi connectivity index (χ3v) is 5.02. The largest absolute Gasteiger partial charge is 0.469 e. The number of aromatic nitrogens is 2. The summed E-state index contributed by atoms with van der Waals surface area (Å²) in [4.78, 5) is 11.5. The van der Waals surface area contributed by atoms with Crippen molar-refractivity contribution in [1.29, 1.82) is 0 Å². The van der Waals surface area contributed by atoms with E-state index in [9.17, 15) is 18.0 Å². The van der Waals surface area contributed by atoms with Gasteiger partial charge in [-0.1, -0.05) is 0 Å². The van der Waals surface area contributed by atoms with Gasteiger partial charge in [-0.2, -0.15) is 13.2 Å². The number of carbonyl (C=O) groups is 1. The SMILES string of the molecule is COC(=O)[C@H]1CC[C@H](c2nnc([C@H]3C[C@@H](C(F)(F)F)C3)o2)CC1. The minimum atomic E-state index is -4.13. The maximum Gasteiger partial charge on any atom is 0.391 e. The van der Waals surface area contributed by atoms with Crippen molar-refractivity contribution in [1.82, 2.24) is 10.2 Å². The molecule has 1 aromatic rings. The summed E-state index contributed by atoms with van der Waals surface area (Å²) in [6.07, 6.45) is -1.18. The van der Waals surface area contributed by atoms with E-state index in [1.165, 1.54) is 7.11 Å². The Bertz CT molecular complexity index is 559. The summed E-state index contributed by atoms with van der Waals surface area (Å²) in [6.45, 7) is 0. The van der Waals surface area contributed by atoms with Crippen molar-refractivity contribution < 1.29 is 27.1 Å². The molecule has 1 heterocycles. The molecule has 8 heteroatoms. The van der Waals surface area contributed by atoms with Crippen molar-refractivity contribution in [2.24, 2.45) is 11.8 Å². The fraction of sp³-hybridized carbons (Fsp3) is 0.800. The molecule has 3 rings (SSSR count). The molecule has 2 fully saturated rings. The van der Waals surface area contributed by atoms with Gasteiger partial charge in [0.05, 0.1) is 18.9 Å². The van der Waals surface area contributed by atoms with Gasteiger partial charge in [-0.05, 0) is 38.5 Å². The third-order valence-electron chi connectivity index (χ3n) is 5.02. The van der Waals surface area contributed by atoms with Crippen LogP contribution in [-0.4, -0.2) is 29.5 Å². The quantitative estimate of drug-likeness (QED) is 0.792. The van der Waals surface area contributed by atoms with Crippen LogP contribution < -0.4 is 0 Å². The highest BCUT2D eigenvalue weighted by molar-refractivity contribution is 5.72. The van der Waals surface area contributed by atoms with Crippen LogP contribution in [0.15, 0.2) is 4.42 Å². The first kappa shape index (κ1) is 16.3. The molecule has 2 saturated carbocycles. The van der Waals surface area contributed by atoms with Crippen molar-refractivity contribution in [3.8, 4) is 0 Å². The summed E-state index contributed by atoms with van der Waals surface area (Å²) in [6, 6.07) is 0. The first-order valence-corrected chi connectivity index (χ1v) is 7.86. The van der Waals surface area contributed by atoms with Crippen LogP contribution in [0, 0.1) is 11.8 Å². The molecular weight excluding hydrogens is 313 g/mol. The topological polar surface area (TPSA) is 65.2 Å². The lowest BCUT2D eigenvalue weighted by atomic mass is 9.74. The molecule has 0 aromatic carbocycles. The maximum absolute atomic E-state index is 12.5. The molecule has 2 aliphatic carbocycles. The average Bonchev–Trinajstić information content (AvgIpc) is 2.93. The summed E-state index contributed by atoms with van der Waals surface area (Å²) in [5, 5.41) is 7.93. The Hall–Kier alpha value is -1.60. The number of ether oxygens (including phenoxy) is 1. The van der Waals surface area contributed by atoms with Gasteiger partial charge in [0.15, 0.2) is 0 Å². The first-order chi connectivity index (χ1) is 10.9. The van der Waals surface area contributed by atoms with Gasteiger partial charge >= 0.3 is 12.1 Å². The second kappa shape index (κ2) is 6.13. The Morgan fingerprint density at radius 1 is 1.09 bits per heavy atom. The first-order valence-electron chi connectivity index (χ1n) is 7.86. The zero-order valence-electron chi connectivity index (χ0n) is 12.8. The molecule has 0 unspecified atom stereocenters. The lowest BCUT2D eigenvalue weighted by Gasteiger charge is -2.34. The van der Waals surface area contributed by atoms with Gasteiger partial charge in [-0.15, -0.1) is 10.2 Å². The van der Waals surface area contributed by atoms with Gasteiger partial charge in [0, 0.05) is 11.8 Å². The Balaban J connectivity index is 1.54. The zero-order chi connectivity index (χ0) is 16.6. The molecule has 23 heavy (non-hydrogen) atoms. The number of methoxy groups -OCH3 is 1. The Morgan fingerprint density at radius 3 is 2.17 bits per heavy atom. The molecule has 0 aliphatic heterocycles. The van der Waals surface area contributed by atoms with E-state index in [1.54, 1.807) is 0 Å². The van der Waals surface area contributed by atoms with Gasteiger partial charge in [-0.25, -0.2) is 0 Å². The zero-order valence-corrected chi connectivity index (χ0v) is 12.8. The molecule has 5 nitrogen and oxygen atoms in total. The molecule has 0 spiro atoms. The Labute approximate surface area is 131 Å². The standard InChI is InChI=1S/C15H19F3N2O3/c1-22-14(21)9-4-2-8(3-5-9)12-19-20-13(23-12)10-6-11(7-10)15(16,17)18/h8-11H,2-7H2,1H3/t8-,9-,10-,11+. The van der Waals surface area contributed by atoms with Gasteiger partial charge in [0.25, 0.3) is 0 Å². The normalized spacial score (nSPS) is 31.5. The Kier molecular flexibility index (Phi) is 4.33. The predicted octanol–water partition coefficient (Wildman–Crippen LogP) is 3.57. The van der Waals surface area contributed by atoms with Crippen LogP contribution in [0.5, 0.6) is 0 Å². The summed E-state index contributed by atoms with van der Waals surface area (Å²) >= 11 is 0. The smallest absolute Gasteiger partial charge is 0.391 e. The number of halogens is 3. The fourth-order valence-electron chi connectivity index (χ4n) is 3.41. The third kappa shape index (κ3) is 3.35. The van der Waals surface area contributed by atoms with Crippen LogP contribution in [0.2, 0.25) is 0 Å². The number of esters is 1. The van der Waals surface area contributed by atoms with E-state index in [1.807, 2.05) is 0 Å². The molecule has 0 radical (unpaired) electrons. The van der Waals surface area contributed by atoms with Crippen molar-refractivity contribution in [3.63, 3.8) is 0 Å². The summed E-state index contributed by atoms with van der Waals surface area (Å²) in [5.74, 6) is -0.933. The summed E-state index contributed by atoms with van der Waals surface area (Å²) in [5.41, 5.74) is 0. The number of alkyl halides is 3. The molecule has 0 atom stereocenters. The van der Waals surface area contributed by atoms with E-state index in [-0.39, 0.29) is 36.6 Å². The van der Waals surface area contributed by atoms with Crippen molar-refractivity contribution in [2.75, 3.05) is 7.11 Å². The second-order valence-electron chi connectivity index (χ2n) is 6.46. The highest BCUT2D eigenvalue weighted by Gasteiger charge is 2.49. The number of carbonyl (C=O) groups excluding carboxylic acids is 1. The van der Waals surface area contributed by atoms with Crippen LogP contribution in [-0.2, 0) is 9.53 Å². The van der Waals surface area contributed by atoms with Gasteiger partial charge in [0.2, 0.25) is 11.8 Å². The lowest BCUT2D eigenvalue weighted by molar-refractivity contribution is -0.198. The van der Waals surface area contributed by atoms with Crippen LogP contribution in [0.3, 0.4) is 0 Å². The van der Waals surface area contributed by atoms with E-state index in [4.69, 9.17) is 9.15 Å². The summed E-state index contributed by atoms with van der Waals surface area (Å²) in [7, 11) is 1.38. The lowest BCUT2D eigenvalue weighted by Crippen LogP contribution is -2.34. The average molecular weight is 332 g/mol. The fourth-order valence-corrected chi connectivity index (χ4v) is 3.41. The van der Waals surface area contributed by atoms with E-state index < -0.39 is 12.1 Å². The molecule has 0 N–H and O–H groups in total. The Morgan fingerprint density at radius 2 is 1.65 bits per heavy atom. The minimum absolute atomic E-state index is 0.0280. The predicted molar refractivity (Wildman–Crippen MR) is 72.5 cm³/mol. The molecule has 2 aliphatic rings. The maximum atomic E-state index is 12.5. The molecule has 1 aromatic heterocycles. The monoisotopic (exact) mass is 332 g/mol. The van der Waals surface area contributed by atoms with E-state index in [2.05, 4.69) is 10.2 Å². The van der Waals surface area contributed by atoms with Gasteiger partial charge < -0.3 is 9.15 Å². The summed E-state index contributed by atoms with van der Waals surface area (Å²) < 4.78 is 47.9. The molecule has 128 valence electrons. The number of hydrogen-bond acceptors (Lipinski definition) is 5. The number of nitrogens with zero attached hydrogens (tertiary/aromatic N) is 2. The number of rotatable bonds is 3. The van der Waals surface area contributed by atoms with Gasteiger partial charge in [0.1, 0.15) is 0 Å². The minimum Gasteiger partial charge on any atom is -0.469 e. The second-order valence-corrected chi connectivity index (χ2v) is 6.46. The molecule has 0 bridgehead atoms. The van der Waals surface area contributed by atoms with Gasteiger partial charge in [-0.3, -0.25) is 4.79 Å². The van der Waals surface area contributed by atoms with Crippen molar-refractivity contribution in [2.45, 2.75) is 56.5 Å². The van der Waals surface area contributed by atoms with E-state index >= 15 is 0 Å². The van der Waals surface area contributed by atoms with E-state index in [0.717, 1.165) is 12.8 Å². The molecule has 0 amide bonds. The van der Waals surface area contributed by atoms with Crippen LogP contribution >= 0.6 is 0 Å². The van der Waals surface area contributed by atoms with Crippen LogP contribution in [0.25, 0.3) is 0 Å². The molecule has 0 saturated heterocycles. The van der Waals surface area contributed by atoms with Crippen LogP contribution in [0.1, 0.15) is 62.1 Å². The highest BCUT2D eigenvalue weighted by Crippen LogP contribution is 2.49. The van der Waals surface area contributed by atoms with E-state index in [0.29, 0.717) is 24.6 Å². The molecular formula is C15H19F3N2O3. The van der Waals surface area contributed by atoms with Crippen molar-refractivity contribution >= 4 is 5.97 Å². The number of hydrogen-bond donors (Lipinski definition) is 0. The van der Waals surface area contributed by atoms with Crippen LogP contribution in [0.4, 0.5) is 13.2 Å². The highest BCUT2D eigenvalue weighted by atomic mass is 19.4. The van der Waals surface area contributed by atoms with Crippen molar-refractivity contribution in [3.05, 3.63) is 11.8 Å².